The average molecular weight is 464 g/mol. The van der Waals surface area contributed by atoms with E-state index >= 15 is 0 Å². The number of nitrogens with zero attached hydrogens (tertiary/aromatic N) is 4. The summed E-state index contributed by atoms with van der Waals surface area (Å²) in [6, 6.07) is 11.7. The lowest BCUT2D eigenvalue weighted by molar-refractivity contribution is 0.0508. The summed E-state index contributed by atoms with van der Waals surface area (Å²) in [6.45, 7) is 5.75. The van der Waals surface area contributed by atoms with E-state index in [4.69, 9.17) is 4.74 Å². The molecule has 0 atom stereocenters. The van der Waals surface area contributed by atoms with E-state index in [-0.39, 0.29) is 5.82 Å². The molecular formula is C25H26FN5O3. The Hall–Kier alpha value is -4.01. The fraction of sp³-hybridized carbons (Fsp3) is 0.280. The van der Waals surface area contributed by atoms with Gasteiger partial charge in [0.15, 0.2) is 5.65 Å². The van der Waals surface area contributed by atoms with Gasteiger partial charge in [0.1, 0.15) is 11.4 Å². The van der Waals surface area contributed by atoms with E-state index in [0.29, 0.717) is 23.4 Å². The summed E-state index contributed by atoms with van der Waals surface area (Å²) in [5, 5.41) is 7.57. The molecule has 0 aliphatic rings. The number of carbonyl (C=O) groups is 1. The Balaban J connectivity index is 1.68. The molecule has 34 heavy (non-hydrogen) atoms. The van der Waals surface area contributed by atoms with Gasteiger partial charge in [-0.3, -0.25) is 4.98 Å². The minimum Gasteiger partial charge on any atom is -0.442 e. The van der Waals surface area contributed by atoms with Crippen LogP contribution in [0.1, 0.15) is 32.8 Å². The SMILES string of the molecule is CC(C)(C)OC(=O)n1nc2c(NCCCc3cccnc3)cc(-c3ccc(F)cc3)cn2c1=O. The van der Waals surface area contributed by atoms with E-state index in [1.807, 2.05) is 24.4 Å². The Morgan fingerprint density at radius 3 is 2.59 bits per heavy atom. The Morgan fingerprint density at radius 2 is 1.91 bits per heavy atom. The second-order valence-corrected chi connectivity index (χ2v) is 8.91. The number of rotatable bonds is 6. The molecule has 0 aliphatic heterocycles. The first kappa shape index (κ1) is 23.2. The fourth-order valence-electron chi connectivity index (χ4n) is 3.49. The molecule has 0 bridgehead atoms. The molecule has 0 fully saturated rings. The van der Waals surface area contributed by atoms with Gasteiger partial charge in [0.2, 0.25) is 0 Å². The van der Waals surface area contributed by atoms with Crippen LogP contribution in [0.15, 0.2) is 65.8 Å². The van der Waals surface area contributed by atoms with Crippen molar-refractivity contribution in [2.24, 2.45) is 0 Å². The van der Waals surface area contributed by atoms with Crippen molar-refractivity contribution in [1.82, 2.24) is 19.2 Å². The van der Waals surface area contributed by atoms with Gasteiger partial charge in [-0.1, -0.05) is 18.2 Å². The number of aryl methyl sites for hydroxylation is 1. The second kappa shape index (κ2) is 9.46. The molecule has 176 valence electrons. The zero-order valence-electron chi connectivity index (χ0n) is 19.3. The summed E-state index contributed by atoms with van der Waals surface area (Å²) >= 11 is 0. The molecule has 0 unspecified atom stereocenters. The molecule has 0 aliphatic carbocycles. The fourth-order valence-corrected chi connectivity index (χ4v) is 3.49. The summed E-state index contributed by atoms with van der Waals surface area (Å²) in [5.74, 6) is -0.353. The van der Waals surface area contributed by atoms with Crippen LogP contribution in [0.3, 0.4) is 0 Å². The van der Waals surface area contributed by atoms with Crippen LogP contribution in [0.5, 0.6) is 0 Å². The van der Waals surface area contributed by atoms with Crippen LogP contribution >= 0.6 is 0 Å². The summed E-state index contributed by atoms with van der Waals surface area (Å²) in [5.41, 5.74) is 1.97. The van der Waals surface area contributed by atoms with Crippen LogP contribution in [0.2, 0.25) is 0 Å². The zero-order valence-corrected chi connectivity index (χ0v) is 19.3. The zero-order chi connectivity index (χ0) is 24.3. The van der Waals surface area contributed by atoms with Gasteiger partial charge in [-0.25, -0.2) is 18.4 Å². The largest absolute Gasteiger partial charge is 0.442 e. The molecule has 8 nitrogen and oxygen atoms in total. The number of fused-ring (bicyclic) bond motifs is 1. The lowest BCUT2D eigenvalue weighted by Gasteiger charge is -2.18. The van der Waals surface area contributed by atoms with Crippen molar-refractivity contribution in [3.8, 4) is 11.1 Å². The van der Waals surface area contributed by atoms with Gasteiger partial charge in [-0.05, 0) is 69.0 Å². The Bertz CT molecular complexity index is 1360. The van der Waals surface area contributed by atoms with E-state index in [1.54, 1.807) is 45.3 Å². The molecule has 1 aromatic carbocycles. The monoisotopic (exact) mass is 463 g/mol. The van der Waals surface area contributed by atoms with Crippen molar-refractivity contribution in [1.29, 1.82) is 0 Å². The first-order valence-electron chi connectivity index (χ1n) is 11.0. The Kier molecular flexibility index (Phi) is 6.45. The van der Waals surface area contributed by atoms with Crippen LogP contribution in [0.25, 0.3) is 16.8 Å². The molecule has 0 saturated carbocycles. The third-order valence-corrected chi connectivity index (χ3v) is 5.04. The maximum absolute atomic E-state index is 13.4. The predicted octanol–water partition coefficient (Wildman–Crippen LogP) is 4.53. The molecular weight excluding hydrogens is 437 g/mol. The number of carbonyl (C=O) groups excluding carboxylic acids is 1. The smallest absolute Gasteiger partial charge is 0.439 e. The molecule has 0 radical (unpaired) electrons. The van der Waals surface area contributed by atoms with Gasteiger partial charge in [0, 0.05) is 30.7 Å². The van der Waals surface area contributed by atoms with Crippen molar-refractivity contribution in [2.75, 3.05) is 11.9 Å². The van der Waals surface area contributed by atoms with Gasteiger partial charge < -0.3 is 10.1 Å². The van der Waals surface area contributed by atoms with Crippen LogP contribution in [-0.2, 0) is 11.2 Å². The number of nitrogens with one attached hydrogen (secondary N) is 1. The number of benzene rings is 1. The summed E-state index contributed by atoms with van der Waals surface area (Å²) in [4.78, 5) is 29.7. The van der Waals surface area contributed by atoms with Crippen LogP contribution in [0.4, 0.5) is 14.9 Å². The first-order valence-corrected chi connectivity index (χ1v) is 11.0. The maximum atomic E-state index is 13.4. The van der Waals surface area contributed by atoms with Crippen LogP contribution in [-0.4, -0.2) is 37.4 Å². The Labute approximate surface area is 196 Å². The number of halogens is 1. The topological polar surface area (TPSA) is 90.5 Å². The molecule has 3 aromatic heterocycles. The molecule has 1 N–H and O–H groups in total. The van der Waals surface area contributed by atoms with Crippen molar-refractivity contribution in [2.45, 2.75) is 39.2 Å². The predicted molar refractivity (Wildman–Crippen MR) is 128 cm³/mol. The molecule has 4 aromatic rings. The quantitative estimate of drug-likeness (QED) is 0.423. The van der Waals surface area contributed by atoms with Gasteiger partial charge in [0.25, 0.3) is 0 Å². The van der Waals surface area contributed by atoms with Crippen LogP contribution < -0.4 is 11.0 Å². The highest BCUT2D eigenvalue weighted by atomic mass is 19.1. The number of ether oxygens (including phenoxy) is 1. The lowest BCUT2D eigenvalue weighted by atomic mass is 10.1. The molecule has 0 amide bonds. The highest BCUT2D eigenvalue weighted by Crippen LogP contribution is 2.25. The van der Waals surface area contributed by atoms with Gasteiger partial charge in [-0.2, -0.15) is 0 Å². The van der Waals surface area contributed by atoms with E-state index < -0.39 is 17.4 Å². The summed E-state index contributed by atoms with van der Waals surface area (Å²) in [7, 11) is 0. The highest BCUT2D eigenvalue weighted by molar-refractivity contribution is 5.78. The summed E-state index contributed by atoms with van der Waals surface area (Å²) in [6.07, 6.45) is 5.93. The van der Waals surface area contributed by atoms with E-state index in [1.165, 1.54) is 16.5 Å². The number of hydrogen-bond donors (Lipinski definition) is 1. The maximum Gasteiger partial charge on any atom is 0.439 e. The molecule has 4 rings (SSSR count). The van der Waals surface area contributed by atoms with E-state index in [9.17, 15) is 14.0 Å². The summed E-state index contributed by atoms with van der Waals surface area (Å²) < 4.78 is 20.8. The standard InChI is InChI=1S/C25H26FN5O3/c1-25(2,3)34-24(33)31-23(32)30-16-19(18-8-10-20(26)11-9-18)14-21(22(30)29-31)28-13-5-7-17-6-4-12-27-15-17/h4,6,8-12,14-16,28H,5,7,13H2,1-3H3. The third-order valence-electron chi connectivity index (χ3n) is 5.04. The second-order valence-electron chi connectivity index (χ2n) is 8.91. The van der Waals surface area contributed by atoms with Gasteiger partial charge in [0.05, 0.1) is 5.69 Å². The molecule has 3 heterocycles. The molecule has 9 heteroatoms. The van der Waals surface area contributed by atoms with Crippen molar-refractivity contribution in [3.05, 3.63) is 82.9 Å². The van der Waals surface area contributed by atoms with Gasteiger partial charge in [-0.15, -0.1) is 9.78 Å². The van der Waals surface area contributed by atoms with Crippen molar-refractivity contribution >= 4 is 17.4 Å². The van der Waals surface area contributed by atoms with Crippen molar-refractivity contribution in [3.63, 3.8) is 0 Å². The number of hydrogen-bond acceptors (Lipinski definition) is 6. The van der Waals surface area contributed by atoms with Crippen molar-refractivity contribution < 1.29 is 13.9 Å². The minimum absolute atomic E-state index is 0.295. The number of anilines is 1. The minimum atomic E-state index is -0.855. The van der Waals surface area contributed by atoms with Crippen LogP contribution in [0, 0.1) is 5.82 Å². The number of aromatic nitrogens is 4. The average Bonchev–Trinajstić information content (AvgIpc) is 3.13. The number of pyridine rings is 2. The van der Waals surface area contributed by atoms with E-state index in [2.05, 4.69) is 15.4 Å². The van der Waals surface area contributed by atoms with Gasteiger partial charge >= 0.3 is 11.8 Å². The lowest BCUT2D eigenvalue weighted by Crippen LogP contribution is -2.34. The molecule has 0 spiro atoms. The van der Waals surface area contributed by atoms with E-state index in [0.717, 1.165) is 28.7 Å². The third kappa shape index (κ3) is 5.31. The molecule has 0 saturated heterocycles. The highest BCUT2D eigenvalue weighted by Gasteiger charge is 2.23. The first-order chi connectivity index (χ1) is 16.2. The Morgan fingerprint density at radius 1 is 1.15 bits per heavy atom. The normalized spacial score (nSPS) is 11.5.